The molecule has 22 heavy (non-hydrogen) atoms. The first-order valence-corrected chi connectivity index (χ1v) is 7.47. The molecule has 0 saturated carbocycles. The second-order valence-corrected chi connectivity index (χ2v) is 6.06. The first kappa shape index (κ1) is 16.3. The van der Waals surface area contributed by atoms with Gasteiger partial charge < -0.3 is 19.7 Å². The molecule has 6 nitrogen and oxygen atoms in total. The van der Waals surface area contributed by atoms with Crippen molar-refractivity contribution in [3.8, 4) is 11.5 Å². The molecule has 0 aromatic heterocycles. The Morgan fingerprint density at radius 3 is 2.91 bits per heavy atom. The van der Waals surface area contributed by atoms with Gasteiger partial charge in [0.1, 0.15) is 4.32 Å². The van der Waals surface area contributed by atoms with Gasteiger partial charge in [0.05, 0.1) is 12.0 Å². The number of thioether (sulfide) groups is 1. The van der Waals surface area contributed by atoms with Crippen molar-refractivity contribution >= 4 is 46.3 Å². The van der Waals surface area contributed by atoms with Gasteiger partial charge in [0.2, 0.25) is 0 Å². The molecule has 1 aliphatic rings. The Labute approximate surface area is 136 Å². The van der Waals surface area contributed by atoms with Gasteiger partial charge in [-0.1, -0.05) is 30.0 Å². The number of aliphatic carboxylic acids is 1. The van der Waals surface area contributed by atoms with E-state index in [4.69, 9.17) is 17.0 Å². The lowest BCUT2D eigenvalue weighted by molar-refractivity contribution is -0.305. The second kappa shape index (κ2) is 6.80. The molecule has 1 fully saturated rings. The summed E-state index contributed by atoms with van der Waals surface area (Å²) in [7, 11) is 1.43. The molecule has 0 radical (unpaired) electrons. The quantitative estimate of drug-likeness (QED) is 0.625. The minimum absolute atomic E-state index is 0.00107. The molecule has 8 heteroatoms. The van der Waals surface area contributed by atoms with E-state index >= 15 is 0 Å². The van der Waals surface area contributed by atoms with Crippen LogP contribution in [0.5, 0.6) is 11.5 Å². The average Bonchev–Trinajstić information content (AvgIpc) is 2.73. The highest BCUT2D eigenvalue weighted by Crippen LogP contribution is 2.34. The van der Waals surface area contributed by atoms with Gasteiger partial charge in [-0.15, -0.1) is 0 Å². The number of thiocarbonyl (C=S) groups is 1. The van der Waals surface area contributed by atoms with E-state index in [2.05, 4.69) is 0 Å². The smallest absolute Gasteiger partial charge is 0.266 e. The molecule has 1 saturated heterocycles. The van der Waals surface area contributed by atoms with Crippen LogP contribution >= 0.6 is 24.0 Å². The molecule has 0 spiro atoms. The van der Waals surface area contributed by atoms with Crippen LogP contribution in [0.4, 0.5) is 0 Å². The number of carbonyl (C=O) groups is 2. The fourth-order valence-corrected chi connectivity index (χ4v) is 3.14. The third-order valence-corrected chi connectivity index (χ3v) is 4.29. The summed E-state index contributed by atoms with van der Waals surface area (Å²) in [6, 6.07) is 4.68. The number of rotatable bonds is 5. The summed E-state index contributed by atoms with van der Waals surface area (Å²) in [6.45, 7) is -0.0107. The Balaban J connectivity index is 2.21. The van der Waals surface area contributed by atoms with Crippen molar-refractivity contribution in [1.82, 2.24) is 4.90 Å². The molecule has 0 atom stereocenters. The number of carbonyl (C=O) groups excluding carboxylic acids is 2. The number of methoxy groups -OCH3 is 1. The van der Waals surface area contributed by atoms with E-state index < -0.39 is 5.97 Å². The number of benzene rings is 1. The number of phenols is 1. The highest BCUT2D eigenvalue weighted by Gasteiger charge is 2.31. The van der Waals surface area contributed by atoms with E-state index in [9.17, 15) is 19.8 Å². The van der Waals surface area contributed by atoms with Crippen LogP contribution in [0.1, 0.15) is 12.0 Å². The lowest BCUT2D eigenvalue weighted by atomic mass is 10.2. The molecule has 1 aliphatic heterocycles. The fourth-order valence-electron chi connectivity index (χ4n) is 1.83. The number of carboxylic acid groups (broad SMARTS) is 1. The summed E-state index contributed by atoms with van der Waals surface area (Å²) in [6.07, 6.45) is 1.34. The van der Waals surface area contributed by atoms with Crippen molar-refractivity contribution in [2.24, 2.45) is 0 Å². The van der Waals surface area contributed by atoms with Crippen LogP contribution in [-0.4, -0.2) is 39.9 Å². The Hall–Kier alpha value is -2.06. The van der Waals surface area contributed by atoms with E-state index in [1.807, 2.05) is 0 Å². The Morgan fingerprint density at radius 1 is 1.55 bits per heavy atom. The van der Waals surface area contributed by atoms with Gasteiger partial charge in [-0.3, -0.25) is 9.69 Å². The zero-order chi connectivity index (χ0) is 16.3. The lowest BCUT2D eigenvalue weighted by Gasteiger charge is -2.14. The molecule has 1 heterocycles. The molecule has 1 aromatic carbocycles. The maximum absolute atomic E-state index is 12.2. The highest BCUT2D eigenvalue weighted by molar-refractivity contribution is 8.26. The van der Waals surface area contributed by atoms with E-state index in [0.29, 0.717) is 20.5 Å². The van der Waals surface area contributed by atoms with Gasteiger partial charge in [-0.25, -0.2) is 0 Å². The van der Waals surface area contributed by atoms with Crippen LogP contribution in [-0.2, 0) is 9.59 Å². The Bertz CT molecular complexity index is 671. The molecule has 0 aliphatic carbocycles. The zero-order valence-corrected chi connectivity index (χ0v) is 13.2. The maximum atomic E-state index is 12.2. The molecule has 1 N–H and O–H groups in total. The number of nitrogens with zero attached hydrogens (tertiary/aromatic N) is 1. The van der Waals surface area contributed by atoms with Crippen molar-refractivity contribution < 1.29 is 24.5 Å². The predicted molar refractivity (Wildman–Crippen MR) is 84.2 cm³/mol. The van der Waals surface area contributed by atoms with Crippen LogP contribution in [0.15, 0.2) is 23.1 Å². The molecule has 2 rings (SSSR count). The summed E-state index contributed by atoms with van der Waals surface area (Å²) in [5, 5.41) is 20.0. The minimum Gasteiger partial charge on any atom is -0.550 e. The molecule has 0 bridgehead atoms. The molecular weight excluding hydrogens is 326 g/mol. The number of ether oxygens (including phenoxy) is 1. The van der Waals surface area contributed by atoms with Crippen molar-refractivity contribution in [1.29, 1.82) is 0 Å². The Morgan fingerprint density at radius 2 is 2.27 bits per heavy atom. The van der Waals surface area contributed by atoms with Gasteiger partial charge in [0.15, 0.2) is 11.5 Å². The van der Waals surface area contributed by atoms with Crippen LogP contribution < -0.4 is 9.84 Å². The fraction of sp³-hybridized carbons (Fsp3) is 0.214. The predicted octanol–water partition coefficient (Wildman–Crippen LogP) is 0.742. The second-order valence-electron chi connectivity index (χ2n) is 4.39. The van der Waals surface area contributed by atoms with Crippen LogP contribution in [0.25, 0.3) is 6.08 Å². The number of hydrogen-bond donors (Lipinski definition) is 1. The molecule has 1 aromatic rings. The summed E-state index contributed by atoms with van der Waals surface area (Å²) < 4.78 is 5.31. The monoisotopic (exact) mass is 338 g/mol. The van der Waals surface area contributed by atoms with E-state index in [-0.39, 0.29) is 24.6 Å². The summed E-state index contributed by atoms with van der Waals surface area (Å²) >= 11 is 6.18. The normalized spacial score (nSPS) is 16.4. The summed E-state index contributed by atoms with van der Waals surface area (Å²) in [5.41, 5.74) is 0.662. The maximum Gasteiger partial charge on any atom is 0.266 e. The van der Waals surface area contributed by atoms with E-state index in [1.165, 1.54) is 18.1 Å². The third-order valence-electron chi connectivity index (χ3n) is 2.91. The SMILES string of the molecule is COc1cc(C=C2SC(=S)N(CCC(=O)[O-])C2=O)ccc1O. The Kier molecular flexibility index (Phi) is 5.04. The number of hydrogen-bond acceptors (Lipinski definition) is 7. The summed E-state index contributed by atoms with van der Waals surface area (Å²) in [4.78, 5) is 24.3. The van der Waals surface area contributed by atoms with Crippen molar-refractivity contribution in [3.05, 3.63) is 28.7 Å². The highest BCUT2D eigenvalue weighted by atomic mass is 32.2. The van der Waals surface area contributed by atoms with Gasteiger partial charge >= 0.3 is 0 Å². The third kappa shape index (κ3) is 3.58. The van der Waals surface area contributed by atoms with Crippen molar-refractivity contribution in [2.45, 2.75) is 6.42 Å². The lowest BCUT2D eigenvalue weighted by Crippen LogP contribution is -2.33. The number of phenolic OH excluding ortho intramolecular Hbond substituents is 1. The van der Waals surface area contributed by atoms with Gasteiger partial charge in [0, 0.05) is 18.9 Å². The number of carboxylic acids is 1. The molecule has 1 amide bonds. The first-order valence-electron chi connectivity index (χ1n) is 6.24. The number of amides is 1. The van der Waals surface area contributed by atoms with Crippen molar-refractivity contribution in [3.63, 3.8) is 0 Å². The standard InChI is InChI=1S/C14H13NO5S2/c1-20-10-6-8(2-3-9(10)16)7-11-13(19)15(14(21)22-11)5-4-12(17)18/h2-3,6-7,16H,4-5H2,1H3,(H,17,18)/p-1. The van der Waals surface area contributed by atoms with Gasteiger partial charge in [0.25, 0.3) is 5.91 Å². The van der Waals surface area contributed by atoms with E-state index in [0.717, 1.165) is 11.8 Å². The largest absolute Gasteiger partial charge is 0.550 e. The van der Waals surface area contributed by atoms with Crippen molar-refractivity contribution in [2.75, 3.05) is 13.7 Å². The van der Waals surface area contributed by atoms with Crippen LogP contribution in [0.3, 0.4) is 0 Å². The van der Waals surface area contributed by atoms with Crippen LogP contribution in [0, 0.1) is 0 Å². The summed E-state index contributed by atoms with van der Waals surface area (Å²) in [5.74, 6) is -1.29. The molecule has 0 unspecified atom stereocenters. The average molecular weight is 338 g/mol. The zero-order valence-electron chi connectivity index (χ0n) is 11.6. The van der Waals surface area contributed by atoms with Gasteiger partial charge in [-0.05, 0) is 23.8 Å². The first-order chi connectivity index (χ1) is 10.4. The molecule has 116 valence electrons. The minimum atomic E-state index is -1.23. The molecular formula is C14H12NO5S2-. The van der Waals surface area contributed by atoms with Gasteiger partial charge in [-0.2, -0.15) is 0 Å². The number of aromatic hydroxyl groups is 1. The topological polar surface area (TPSA) is 89.9 Å². The van der Waals surface area contributed by atoms with E-state index in [1.54, 1.807) is 18.2 Å². The van der Waals surface area contributed by atoms with Crippen LogP contribution in [0.2, 0.25) is 0 Å².